The lowest BCUT2D eigenvalue weighted by Crippen LogP contribution is -2.48. The zero-order valence-corrected chi connectivity index (χ0v) is 32.3. The Morgan fingerprint density at radius 1 is 1.00 bits per heavy atom. The third-order valence-electron chi connectivity index (χ3n) is 11.3. The maximum absolute atomic E-state index is 13.3. The number of cyclic esters (lactones) is 1. The molecule has 2 aliphatic carbocycles. The van der Waals surface area contributed by atoms with E-state index in [2.05, 4.69) is 99.8 Å². The van der Waals surface area contributed by atoms with Crippen LogP contribution in [-0.4, -0.2) is 53.0 Å². The van der Waals surface area contributed by atoms with Crippen molar-refractivity contribution in [3.05, 3.63) is 23.8 Å². The molecule has 6 nitrogen and oxygen atoms in total. The van der Waals surface area contributed by atoms with Gasteiger partial charge >= 0.3 is 11.9 Å². The standard InChI is InChI=1S/C36H64O6Si2/c1-14-15-25(3)34(38)40-31-22-28(41-43(10,11)35(4,5)6)20-26-17-16-24(2)30(33(26)31)19-18-27-21-29(23-32(37)39-27)42-44(12,13)36(7,8)9/h16-17,20,24-25,27-31,33H,14-15,18-19,21-23H2,1-13H3/t24-,25?,27+,28+,29+,30-,31-,33-/m0/s1. The SMILES string of the molecule is CCCC(C)C(=O)O[C@H]1C[C@H](O[Si](C)(C)C(C)(C)C)C=C2C=C[C@H](C)[C@H](CC[C@@H]3C[C@@H](O[Si](C)(C)C(C)(C)C)CC(=O)O3)[C@H]21. The van der Waals surface area contributed by atoms with Crippen LogP contribution in [0.5, 0.6) is 0 Å². The fourth-order valence-corrected chi connectivity index (χ4v) is 9.15. The highest BCUT2D eigenvalue weighted by Crippen LogP contribution is 2.47. The van der Waals surface area contributed by atoms with Crippen molar-refractivity contribution in [3.63, 3.8) is 0 Å². The number of esters is 2. The third-order valence-corrected chi connectivity index (χ3v) is 20.3. The van der Waals surface area contributed by atoms with Crippen LogP contribution in [0.25, 0.3) is 0 Å². The van der Waals surface area contributed by atoms with Gasteiger partial charge in [-0.3, -0.25) is 9.59 Å². The minimum Gasteiger partial charge on any atom is -0.462 e. The lowest BCUT2D eigenvalue weighted by molar-refractivity contribution is -0.162. The molecule has 8 heteroatoms. The van der Waals surface area contributed by atoms with E-state index in [-0.39, 0.29) is 64.2 Å². The van der Waals surface area contributed by atoms with Crippen LogP contribution in [0.2, 0.25) is 36.3 Å². The molecule has 0 aromatic carbocycles. The average molecular weight is 649 g/mol. The van der Waals surface area contributed by atoms with Gasteiger partial charge in [-0.15, -0.1) is 0 Å². The topological polar surface area (TPSA) is 71.1 Å². The van der Waals surface area contributed by atoms with Gasteiger partial charge in [-0.2, -0.15) is 0 Å². The average Bonchev–Trinajstić information content (AvgIpc) is 2.86. The Labute approximate surface area is 271 Å². The van der Waals surface area contributed by atoms with Crippen molar-refractivity contribution in [2.24, 2.45) is 23.7 Å². The normalized spacial score (nSPS) is 30.7. The molecule has 0 saturated carbocycles. The van der Waals surface area contributed by atoms with E-state index >= 15 is 0 Å². The van der Waals surface area contributed by atoms with Crippen LogP contribution in [0.3, 0.4) is 0 Å². The lowest BCUT2D eigenvalue weighted by atomic mass is 9.66. The summed E-state index contributed by atoms with van der Waals surface area (Å²) in [4.78, 5) is 26.0. The van der Waals surface area contributed by atoms with Crippen molar-refractivity contribution in [2.75, 3.05) is 0 Å². The van der Waals surface area contributed by atoms with Gasteiger partial charge in [-0.05, 0) is 72.9 Å². The maximum Gasteiger partial charge on any atom is 0.308 e. The van der Waals surface area contributed by atoms with Crippen LogP contribution in [0, 0.1) is 23.7 Å². The van der Waals surface area contributed by atoms with Gasteiger partial charge in [-0.1, -0.05) is 87.0 Å². The molecule has 3 aliphatic rings. The van der Waals surface area contributed by atoms with Gasteiger partial charge in [0.05, 0.1) is 24.5 Å². The first kappa shape index (κ1) is 37.2. The van der Waals surface area contributed by atoms with Crippen LogP contribution in [0.4, 0.5) is 0 Å². The van der Waals surface area contributed by atoms with E-state index in [9.17, 15) is 9.59 Å². The Kier molecular flexibility index (Phi) is 12.1. The predicted octanol–water partition coefficient (Wildman–Crippen LogP) is 9.37. The van der Waals surface area contributed by atoms with Crippen molar-refractivity contribution in [3.8, 4) is 0 Å². The zero-order chi connectivity index (χ0) is 33.3. The minimum atomic E-state index is -2.03. The summed E-state index contributed by atoms with van der Waals surface area (Å²) in [7, 11) is -4.03. The monoisotopic (exact) mass is 648 g/mol. The fourth-order valence-electron chi connectivity index (χ4n) is 6.51. The molecule has 0 spiro atoms. The smallest absolute Gasteiger partial charge is 0.308 e. The Morgan fingerprint density at radius 3 is 2.20 bits per heavy atom. The van der Waals surface area contributed by atoms with Gasteiger partial charge in [0, 0.05) is 18.8 Å². The number of fused-ring (bicyclic) bond motifs is 1. The lowest BCUT2D eigenvalue weighted by Gasteiger charge is -2.46. The molecule has 1 heterocycles. The van der Waals surface area contributed by atoms with Gasteiger partial charge in [0.2, 0.25) is 0 Å². The van der Waals surface area contributed by atoms with Crippen molar-refractivity contribution in [2.45, 2.75) is 168 Å². The first-order valence-corrected chi connectivity index (χ1v) is 23.1. The second-order valence-electron chi connectivity index (χ2n) is 17.0. The molecule has 1 aliphatic heterocycles. The molecule has 252 valence electrons. The molecular formula is C36H64O6Si2. The molecule has 0 bridgehead atoms. The van der Waals surface area contributed by atoms with Gasteiger partial charge in [0.1, 0.15) is 12.2 Å². The molecule has 0 amide bonds. The first-order chi connectivity index (χ1) is 20.1. The molecule has 1 saturated heterocycles. The number of allylic oxidation sites excluding steroid dienone is 2. The summed E-state index contributed by atoms with van der Waals surface area (Å²) in [6, 6.07) is 0. The fraction of sp³-hybridized carbons (Fsp3) is 0.833. The van der Waals surface area contributed by atoms with Crippen molar-refractivity contribution >= 4 is 28.6 Å². The van der Waals surface area contributed by atoms with Crippen molar-refractivity contribution < 1.29 is 27.9 Å². The maximum atomic E-state index is 13.3. The summed E-state index contributed by atoms with van der Waals surface area (Å²) in [5.74, 6) is 0.330. The Hall–Kier alpha value is -1.23. The quantitative estimate of drug-likeness (QED) is 0.164. The Morgan fingerprint density at radius 2 is 1.61 bits per heavy atom. The summed E-state index contributed by atoms with van der Waals surface area (Å²) in [6.45, 7) is 28.9. The predicted molar refractivity (Wildman–Crippen MR) is 184 cm³/mol. The highest BCUT2D eigenvalue weighted by atomic mass is 28.4. The van der Waals surface area contributed by atoms with E-state index in [0.29, 0.717) is 18.8 Å². The number of hydrogen-bond acceptors (Lipinski definition) is 6. The first-order valence-electron chi connectivity index (χ1n) is 17.3. The van der Waals surface area contributed by atoms with Crippen LogP contribution in [-0.2, 0) is 27.9 Å². The van der Waals surface area contributed by atoms with Crippen molar-refractivity contribution in [1.82, 2.24) is 0 Å². The second kappa shape index (κ2) is 14.3. The van der Waals surface area contributed by atoms with Crippen LogP contribution >= 0.6 is 0 Å². The number of ether oxygens (including phenoxy) is 2. The molecule has 0 N–H and O–H groups in total. The number of hydrogen-bond donors (Lipinski definition) is 0. The summed E-state index contributed by atoms with van der Waals surface area (Å²) < 4.78 is 25.9. The van der Waals surface area contributed by atoms with Crippen LogP contribution in [0.1, 0.15) is 107 Å². The largest absolute Gasteiger partial charge is 0.462 e. The van der Waals surface area contributed by atoms with E-state index < -0.39 is 16.6 Å². The van der Waals surface area contributed by atoms with E-state index in [1.54, 1.807) is 0 Å². The number of carbonyl (C=O) groups is 2. The number of carbonyl (C=O) groups excluding carboxylic acids is 2. The summed E-state index contributed by atoms with van der Waals surface area (Å²) in [5, 5.41) is 0.178. The Bertz CT molecular complexity index is 1070. The molecule has 1 unspecified atom stereocenters. The highest BCUT2D eigenvalue weighted by Gasteiger charge is 2.46. The van der Waals surface area contributed by atoms with Gasteiger partial charge < -0.3 is 18.3 Å². The van der Waals surface area contributed by atoms with Crippen molar-refractivity contribution in [1.29, 1.82) is 0 Å². The van der Waals surface area contributed by atoms with E-state index in [0.717, 1.165) is 32.1 Å². The molecule has 3 rings (SSSR count). The van der Waals surface area contributed by atoms with Crippen LogP contribution < -0.4 is 0 Å². The molecule has 1 fully saturated rings. The molecule has 0 aromatic heterocycles. The van der Waals surface area contributed by atoms with Gasteiger partial charge in [0.25, 0.3) is 0 Å². The third kappa shape index (κ3) is 9.19. The Balaban J connectivity index is 1.82. The number of rotatable bonds is 11. The van der Waals surface area contributed by atoms with E-state index in [1.165, 1.54) is 5.57 Å². The van der Waals surface area contributed by atoms with Gasteiger partial charge in [-0.25, -0.2) is 0 Å². The van der Waals surface area contributed by atoms with E-state index in [1.807, 2.05) is 6.92 Å². The molecular weight excluding hydrogens is 585 g/mol. The summed E-state index contributed by atoms with van der Waals surface area (Å²) in [6.07, 6.45) is 11.5. The molecule has 44 heavy (non-hydrogen) atoms. The highest BCUT2D eigenvalue weighted by molar-refractivity contribution is 6.74. The van der Waals surface area contributed by atoms with Gasteiger partial charge in [0.15, 0.2) is 16.6 Å². The van der Waals surface area contributed by atoms with Crippen LogP contribution in [0.15, 0.2) is 23.8 Å². The minimum absolute atomic E-state index is 0.0762. The van der Waals surface area contributed by atoms with E-state index in [4.69, 9.17) is 18.3 Å². The molecule has 0 aromatic rings. The summed E-state index contributed by atoms with van der Waals surface area (Å²) in [5.41, 5.74) is 1.23. The molecule has 8 atom stereocenters. The summed E-state index contributed by atoms with van der Waals surface area (Å²) >= 11 is 0. The molecule has 0 radical (unpaired) electrons. The zero-order valence-electron chi connectivity index (χ0n) is 30.3. The second-order valence-corrected chi connectivity index (χ2v) is 26.5.